The number of aliphatic hydroxyl groups is 1. The maximum Gasteiger partial charge on any atom is 0.312 e. The summed E-state index contributed by atoms with van der Waals surface area (Å²) in [6.45, 7) is 5.37. The average molecular weight is 510 g/mol. The smallest absolute Gasteiger partial charge is 0.312 e. The third kappa shape index (κ3) is 11.0. The molecule has 1 aliphatic heterocycles. The minimum atomic E-state index is -1.02. The summed E-state index contributed by atoms with van der Waals surface area (Å²) in [5.74, 6) is -1.86. The molecule has 1 heterocycles. The zero-order valence-electron chi connectivity index (χ0n) is 21.3. The molecule has 0 bridgehead atoms. The topological polar surface area (TPSA) is 188 Å². The van der Waals surface area contributed by atoms with Gasteiger partial charge in [0.15, 0.2) is 5.78 Å². The predicted molar refractivity (Wildman–Crippen MR) is 131 cm³/mol. The Balaban J connectivity index is 2.57. The Morgan fingerprint density at radius 1 is 0.944 bits per heavy atom. The number of carbonyl (C=O) groups excluding carboxylic acids is 6. The fraction of sp³-hybridized carbons (Fsp3) is 0.667. The van der Waals surface area contributed by atoms with Crippen molar-refractivity contribution in [1.29, 1.82) is 0 Å². The van der Waals surface area contributed by atoms with Crippen molar-refractivity contribution < 1.29 is 33.9 Å². The first-order chi connectivity index (χ1) is 16.9. The lowest BCUT2D eigenvalue weighted by molar-refractivity contribution is -0.137. The second-order valence-corrected chi connectivity index (χ2v) is 9.71. The standard InChI is InChI=1S/C24H39N5O7/c1-24(2,3)21(34)16(8-7-13-26-23(25)36)28-22(35)17(12-15-30)27-18(31)9-5-4-6-14-29-19(32)10-11-20(29)33/h10-11,16-17,30H,4-9,12-15H2,1-3H3,(H,27,31)(H,28,35)(H3,25,26,36)/t16-,17-/m0/s1. The number of nitrogens with one attached hydrogen (secondary N) is 3. The fourth-order valence-corrected chi connectivity index (χ4v) is 3.63. The third-order valence-corrected chi connectivity index (χ3v) is 5.60. The Morgan fingerprint density at radius 3 is 2.14 bits per heavy atom. The molecule has 6 N–H and O–H groups in total. The van der Waals surface area contributed by atoms with E-state index in [2.05, 4.69) is 16.0 Å². The summed E-state index contributed by atoms with van der Waals surface area (Å²) in [5.41, 5.74) is 4.32. The number of ketones is 1. The van der Waals surface area contributed by atoms with Gasteiger partial charge in [0.25, 0.3) is 11.8 Å². The molecule has 0 spiro atoms. The van der Waals surface area contributed by atoms with Crippen LogP contribution in [0.3, 0.4) is 0 Å². The molecular weight excluding hydrogens is 470 g/mol. The van der Waals surface area contributed by atoms with E-state index in [4.69, 9.17) is 5.73 Å². The molecule has 0 aromatic carbocycles. The number of amides is 6. The van der Waals surface area contributed by atoms with Gasteiger partial charge in [0.1, 0.15) is 6.04 Å². The number of carbonyl (C=O) groups is 6. The van der Waals surface area contributed by atoms with Crippen molar-refractivity contribution in [2.45, 2.75) is 77.8 Å². The van der Waals surface area contributed by atoms with Crippen LogP contribution in [0.25, 0.3) is 0 Å². The number of Topliss-reactive ketones (excluding diaryl/α,β-unsaturated/α-hetero) is 1. The number of unbranched alkanes of at least 4 members (excludes halogenated alkanes) is 2. The van der Waals surface area contributed by atoms with Gasteiger partial charge in [-0.1, -0.05) is 27.2 Å². The average Bonchev–Trinajstić information content (AvgIpc) is 3.11. The molecular formula is C24H39N5O7. The largest absolute Gasteiger partial charge is 0.396 e. The third-order valence-electron chi connectivity index (χ3n) is 5.60. The summed E-state index contributed by atoms with van der Waals surface area (Å²) in [6, 6.07) is -2.54. The van der Waals surface area contributed by atoms with E-state index in [0.717, 1.165) is 4.90 Å². The second kappa shape index (κ2) is 15.0. The van der Waals surface area contributed by atoms with Crippen molar-refractivity contribution in [3.63, 3.8) is 0 Å². The first-order valence-corrected chi connectivity index (χ1v) is 12.2. The van der Waals surface area contributed by atoms with Crippen molar-refractivity contribution in [2.24, 2.45) is 11.1 Å². The molecule has 1 aliphatic rings. The molecule has 0 aromatic heterocycles. The quantitative estimate of drug-likeness (QED) is 0.142. The lowest BCUT2D eigenvalue weighted by atomic mass is 9.84. The van der Waals surface area contributed by atoms with E-state index in [9.17, 15) is 33.9 Å². The Morgan fingerprint density at radius 2 is 1.58 bits per heavy atom. The van der Waals surface area contributed by atoms with Crippen molar-refractivity contribution in [2.75, 3.05) is 19.7 Å². The summed E-state index contributed by atoms with van der Waals surface area (Å²) in [4.78, 5) is 73.2. The van der Waals surface area contributed by atoms with E-state index in [1.54, 1.807) is 20.8 Å². The molecule has 0 aromatic rings. The minimum Gasteiger partial charge on any atom is -0.396 e. The lowest BCUT2D eigenvalue weighted by Crippen LogP contribution is -2.53. The van der Waals surface area contributed by atoms with Gasteiger partial charge in [0, 0.05) is 43.7 Å². The molecule has 0 unspecified atom stereocenters. The van der Waals surface area contributed by atoms with Crippen LogP contribution in [0.4, 0.5) is 4.79 Å². The van der Waals surface area contributed by atoms with Crippen molar-refractivity contribution in [3.8, 4) is 0 Å². The molecule has 0 aliphatic carbocycles. The summed E-state index contributed by atoms with van der Waals surface area (Å²) in [6.07, 6.45) is 4.84. The van der Waals surface area contributed by atoms with Gasteiger partial charge in [-0.25, -0.2) is 4.79 Å². The molecule has 36 heavy (non-hydrogen) atoms. The van der Waals surface area contributed by atoms with Crippen molar-refractivity contribution >= 4 is 35.4 Å². The molecule has 12 nitrogen and oxygen atoms in total. The van der Waals surface area contributed by atoms with Crippen LogP contribution in [0.1, 0.15) is 65.7 Å². The van der Waals surface area contributed by atoms with Crippen LogP contribution < -0.4 is 21.7 Å². The number of aliphatic hydroxyl groups excluding tert-OH is 1. The molecule has 12 heteroatoms. The number of nitrogens with two attached hydrogens (primary N) is 1. The zero-order chi connectivity index (χ0) is 27.3. The van der Waals surface area contributed by atoms with Gasteiger partial charge in [-0.3, -0.25) is 28.9 Å². The van der Waals surface area contributed by atoms with Crippen LogP contribution in [-0.4, -0.2) is 77.2 Å². The molecule has 202 valence electrons. The lowest BCUT2D eigenvalue weighted by Gasteiger charge is -2.27. The Bertz CT molecular complexity index is 832. The number of hydrogen-bond donors (Lipinski definition) is 5. The molecule has 0 fully saturated rings. The van der Waals surface area contributed by atoms with Gasteiger partial charge in [0.2, 0.25) is 11.8 Å². The minimum absolute atomic E-state index is 0.0244. The van der Waals surface area contributed by atoms with Crippen LogP contribution >= 0.6 is 0 Å². The van der Waals surface area contributed by atoms with E-state index in [1.165, 1.54) is 12.2 Å². The van der Waals surface area contributed by atoms with Gasteiger partial charge < -0.3 is 26.8 Å². The molecule has 0 saturated carbocycles. The summed E-state index contributed by atoms with van der Waals surface area (Å²) in [5, 5.41) is 17.1. The first-order valence-electron chi connectivity index (χ1n) is 12.2. The Kier molecular flexibility index (Phi) is 12.8. The Labute approximate surface area is 211 Å². The summed E-state index contributed by atoms with van der Waals surface area (Å²) in [7, 11) is 0. The van der Waals surface area contributed by atoms with E-state index in [0.29, 0.717) is 25.7 Å². The number of urea groups is 1. The van der Waals surface area contributed by atoms with Crippen LogP contribution in [-0.2, 0) is 24.0 Å². The zero-order valence-corrected chi connectivity index (χ0v) is 21.3. The normalized spacial score (nSPS) is 14.9. The molecule has 2 atom stereocenters. The molecule has 0 saturated heterocycles. The van der Waals surface area contributed by atoms with E-state index in [1.807, 2.05) is 0 Å². The van der Waals surface area contributed by atoms with E-state index in [-0.39, 0.29) is 62.5 Å². The second-order valence-electron chi connectivity index (χ2n) is 9.71. The van der Waals surface area contributed by atoms with Crippen LogP contribution in [0.2, 0.25) is 0 Å². The van der Waals surface area contributed by atoms with Gasteiger partial charge in [-0.05, 0) is 32.1 Å². The number of hydrogen-bond acceptors (Lipinski definition) is 7. The van der Waals surface area contributed by atoms with Crippen molar-refractivity contribution in [3.05, 3.63) is 12.2 Å². The highest BCUT2D eigenvalue weighted by atomic mass is 16.3. The molecule has 6 amide bonds. The van der Waals surface area contributed by atoms with Gasteiger partial charge in [-0.15, -0.1) is 0 Å². The van der Waals surface area contributed by atoms with Crippen LogP contribution in [0, 0.1) is 5.41 Å². The van der Waals surface area contributed by atoms with E-state index >= 15 is 0 Å². The summed E-state index contributed by atoms with van der Waals surface area (Å²) >= 11 is 0. The molecule has 0 radical (unpaired) electrons. The number of primary amides is 1. The van der Waals surface area contributed by atoms with Crippen molar-refractivity contribution in [1.82, 2.24) is 20.9 Å². The van der Waals surface area contributed by atoms with Crippen LogP contribution in [0.5, 0.6) is 0 Å². The highest BCUT2D eigenvalue weighted by Gasteiger charge is 2.32. The SMILES string of the molecule is CC(C)(C)C(=O)[C@H](CCCNC(N)=O)NC(=O)[C@H](CCO)NC(=O)CCCCCN1C(=O)C=CC1=O. The number of nitrogens with zero attached hydrogens (tertiary/aromatic N) is 1. The summed E-state index contributed by atoms with van der Waals surface area (Å²) < 4.78 is 0. The van der Waals surface area contributed by atoms with Gasteiger partial charge >= 0.3 is 6.03 Å². The van der Waals surface area contributed by atoms with Gasteiger partial charge in [0.05, 0.1) is 6.04 Å². The maximum absolute atomic E-state index is 12.9. The maximum atomic E-state index is 12.9. The first kappa shape index (κ1) is 30.8. The van der Waals surface area contributed by atoms with E-state index < -0.39 is 29.4 Å². The highest BCUT2D eigenvalue weighted by molar-refractivity contribution is 6.12. The Hall–Kier alpha value is -3.28. The molecule has 1 rings (SSSR count). The predicted octanol–water partition coefficient (Wildman–Crippen LogP) is -0.112. The number of imide groups is 1. The monoisotopic (exact) mass is 509 g/mol. The van der Waals surface area contributed by atoms with Crippen LogP contribution in [0.15, 0.2) is 12.2 Å². The number of rotatable bonds is 16. The van der Waals surface area contributed by atoms with Gasteiger partial charge in [-0.2, -0.15) is 0 Å². The fourth-order valence-electron chi connectivity index (χ4n) is 3.63. The highest BCUT2D eigenvalue weighted by Crippen LogP contribution is 2.19.